The number of nitrogens with two attached hydrogens (primary N) is 1. The lowest BCUT2D eigenvalue weighted by Gasteiger charge is -2.05. The summed E-state index contributed by atoms with van der Waals surface area (Å²) in [6, 6.07) is 11.1. The van der Waals surface area contributed by atoms with Crippen molar-refractivity contribution >= 4 is 40.8 Å². The van der Waals surface area contributed by atoms with Crippen molar-refractivity contribution in [2.45, 2.75) is 10.6 Å². The zero-order valence-corrected chi connectivity index (χ0v) is 11.2. The van der Waals surface area contributed by atoms with Crippen LogP contribution in [0.2, 0.25) is 10.0 Å². The second-order valence-corrected chi connectivity index (χ2v) is 5.22. The van der Waals surface area contributed by atoms with Crippen molar-refractivity contribution in [1.29, 1.82) is 0 Å². The first kappa shape index (κ1) is 12.6. The maximum Gasteiger partial charge on any atom is 0.123 e. The number of halogens is 2. The maximum atomic E-state index is 6.06. The van der Waals surface area contributed by atoms with Crippen LogP contribution in [-0.4, -0.2) is 4.98 Å². The van der Waals surface area contributed by atoms with Crippen molar-refractivity contribution in [1.82, 2.24) is 4.98 Å². The zero-order valence-electron chi connectivity index (χ0n) is 8.86. The Labute approximate surface area is 114 Å². The van der Waals surface area contributed by atoms with Crippen LogP contribution in [0.5, 0.6) is 0 Å². The number of aromatic nitrogens is 1. The van der Waals surface area contributed by atoms with E-state index >= 15 is 0 Å². The van der Waals surface area contributed by atoms with Crippen LogP contribution in [0, 0.1) is 0 Å². The Morgan fingerprint density at radius 2 is 1.82 bits per heavy atom. The summed E-state index contributed by atoms with van der Waals surface area (Å²) < 4.78 is 0. The molecule has 88 valence electrons. The van der Waals surface area contributed by atoms with E-state index in [1.165, 1.54) is 0 Å². The van der Waals surface area contributed by atoms with Gasteiger partial charge in [0.1, 0.15) is 5.82 Å². The molecule has 2 nitrogen and oxygen atoms in total. The molecule has 2 rings (SSSR count). The molecule has 0 spiro atoms. The molecule has 0 unspecified atom stereocenters. The van der Waals surface area contributed by atoms with Crippen LogP contribution in [0.4, 0.5) is 5.82 Å². The topological polar surface area (TPSA) is 38.9 Å². The van der Waals surface area contributed by atoms with Crippen molar-refractivity contribution in [2.24, 2.45) is 0 Å². The van der Waals surface area contributed by atoms with Gasteiger partial charge in [0.15, 0.2) is 0 Å². The van der Waals surface area contributed by atoms with Gasteiger partial charge in [0.25, 0.3) is 0 Å². The zero-order chi connectivity index (χ0) is 12.3. The van der Waals surface area contributed by atoms with Gasteiger partial charge in [-0.1, -0.05) is 35.3 Å². The Bertz CT molecular complexity index is 532. The van der Waals surface area contributed by atoms with Crippen LogP contribution in [0.25, 0.3) is 0 Å². The van der Waals surface area contributed by atoms with E-state index in [0.717, 1.165) is 15.6 Å². The Morgan fingerprint density at radius 3 is 2.59 bits per heavy atom. The molecular formula is C12H10Cl2N2S. The molecule has 0 fully saturated rings. The fourth-order valence-corrected chi connectivity index (χ4v) is 2.75. The largest absolute Gasteiger partial charge is 0.384 e. The minimum Gasteiger partial charge on any atom is -0.384 e. The van der Waals surface area contributed by atoms with E-state index in [2.05, 4.69) is 4.98 Å². The van der Waals surface area contributed by atoms with Gasteiger partial charge in [0.05, 0.1) is 15.7 Å². The first-order valence-electron chi connectivity index (χ1n) is 4.95. The summed E-state index contributed by atoms with van der Waals surface area (Å²) in [7, 11) is 0. The number of hydrogen-bond donors (Lipinski definition) is 1. The number of thioether (sulfide) groups is 1. The summed E-state index contributed by atoms with van der Waals surface area (Å²) in [5, 5.41) is 1.36. The lowest BCUT2D eigenvalue weighted by atomic mass is 10.4. The number of benzene rings is 1. The first-order chi connectivity index (χ1) is 8.16. The van der Waals surface area contributed by atoms with Crippen LogP contribution in [-0.2, 0) is 5.75 Å². The number of pyridine rings is 1. The molecule has 0 aliphatic rings. The van der Waals surface area contributed by atoms with Crippen molar-refractivity contribution < 1.29 is 0 Å². The van der Waals surface area contributed by atoms with Gasteiger partial charge in [-0.15, -0.1) is 11.8 Å². The number of hydrogen-bond acceptors (Lipinski definition) is 3. The molecule has 0 saturated carbocycles. The van der Waals surface area contributed by atoms with Crippen LogP contribution < -0.4 is 5.73 Å². The van der Waals surface area contributed by atoms with E-state index in [4.69, 9.17) is 28.9 Å². The minimum atomic E-state index is 0.476. The lowest BCUT2D eigenvalue weighted by molar-refractivity contribution is 1.18. The average molecular weight is 285 g/mol. The van der Waals surface area contributed by atoms with Gasteiger partial charge < -0.3 is 5.73 Å². The molecule has 0 atom stereocenters. The molecule has 0 radical (unpaired) electrons. The van der Waals surface area contributed by atoms with Gasteiger partial charge in [0.2, 0.25) is 0 Å². The summed E-state index contributed by atoms with van der Waals surface area (Å²) in [5.74, 6) is 1.12. The molecule has 1 aromatic carbocycles. The Morgan fingerprint density at radius 1 is 1.06 bits per heavy atom. The second kappa shape index (κ2) is 5.63. The van der Waals surface area contributed by atoms with Gasteiger partial charge in [-0.3, -0.25) is 0 Å². The fraction of sp³-hybridized carbons (Fsp3) is 0.0833. The van der Waals surface area contributed by atoms with Gasteiger partial charge in [-0.2, -0.15) is 0 Å². The van der Waals surface area contributed by atoms with Crippen LogP contribution >= 0.6 is 35.0 Å². The second-order valence-electron chi connectivity index (χ2n) is 3.38. The minimum absolute atomic E-state index is 0.476. The highest BCUT2D eigenvalue weighted by Gasteiger charge is 2.05. The Kier molecular flexibility index (Phi) is 4.15. The van der Waals surface area contributed by atoms with E-state index in [0.29, 0.717) is 16.6 Å². The van der Waals surface area contributed by atoms with Gasteiger partial charge in [0, 0.05) is 10.6 Å². The van der Waals surface area contributed by atoms with Crippen LogP contribution in [0.3, 0.4) is 0 Å². The van der Waals surface area contributed by atoms with Crippen LogP contribution in [0.15, 0.2) is 41.3 Å². The Hall–Kier alpha value is -0.900. The molecule has 0 bridgehead atoms. The fourth-order valence-electron chi connectivity index (χ4n) is 1.31. The van der Waals surface area contributed by atoms with Crippen molar-refractivity contribution in [2.75, 3.05) is 5.73 Å². The lowest BCUT2D eigenvalue weighted by Crippen LogP contribution is -1.95. The summed E-state index contributed by atoms with van der Waals surface area (Å²) in [5.41, 5.74) is 6.40. The predicted molar refractivity (Wildman–Crippen MR) is 74.7 cm³/mol. The van der Waals surface area contributed by atoms with Crippen molar-refractivity contribution in [3.05, 3.63) is 52.1 Å². The third-order valence-electron chi connectivity index (χ3n) is 2.14. The summed E-state index contributed by atoms with van der Waals surface area (Å²) in [4.78, 5) is 5.21. The van der Waals surface area contributed by atoms with E-state index < -0.39 is 0 Å². The smallest absolute Gasteiger partial charge is 0.123 e. The number of nitrogen functional groups attached to an aromatic ring is 1. The molecule has 0 aliphatic heterocycles. The van der Waals surface area contributed by atoms with E-state index in [1.807, 2.05) is 24.3 Å². The molecular weight excluding hydrogens is 275 g/mol. The molecule has 0 aliphatic carbocycles. The molecule has 17 heavy (non-hydrogen) atoms. The molecule has 1 aromatic heterocycles. The van der Waals surface area contributed by atoms with E-state index in [9.17, 15) is 0 Å². The van der Waals surface area contributed by atoms with E-state index in [1.54, 1.807) is 23.9 Å². The highest BCUT2D eigenvalue weighted by molar-refractivity contribution is 7.98. The monoisotopic (exact) mass is 284 g/mol. The SMILES string of the molecule is Nc1ccc(Cl)c(CSc2ccccc2Cl)n1. The number of anilines is 1. The molecule has 1 heterocycles. The third-order valence-corrected chi connectivity index (χ3v) is 4.01. The first-order valence-corrected chi connectivity index (χ1v) is 6.69. The highest BCUT2D eigenvalue weighted by Crippen LogP contribution is 2.30. The van der Waals surface area contributed by atoms with Crippen LogP contribution in [0.1, 0.15) is 5.69 Å². The molecule has 5 heteroatoms. The third kappa shape index (κ3) is 3.28. The Balaban J connectivity index is 2.12. The molecule has 0 amide bonds. The standard InChI is InChI=1S/C12H10Cl2N2S/c13-8-5-6-12(15)16-10(8)7-17-11-4-2-1-3-9(11)14/h1-6H,7H2,(H2,15,16). The normalized spacial score (nSPS) is 10.5. The van der Waals surface area contributed by atoms with Crippen molar-refractivity contribution in [3.63, 3.8) is 0 Å². The van der Waals surface area contributed by atoms with E-state index in [-0.39, 0.29) is 0 Å². The molecule has 2 N–H and O–H groups in total. The van der Waals surface area contributed by atoms with Gasteiger partial charge in [-0.25, -0.2) is 4.98 Å². The number of rotatable bonds is 3. The summed E-state index contributed by atoms with van der Waals surface area (Å²) in [6.45, 7) is 0. The van der Waals surface area contributed by atoms with Crippen molar-refractivity contribution in [3.8, 4) is 0 Å². The predicted octanol–water partition coefficient (Wildman–Crippen LogP) is 4.26. The average Bonchev–Trinajstić information content (AvgIpc) is 2.32. The summed E-state index contributed by atoms with van der Waals surface area (Å²) in [6.07, 6.45) is 0. The molecule has 0 saturated heterocycles. The number of nitrogens with zero attached hydrogens (tertiary/aromatic N) is 1. The van der Waals surface area contributed by atoms with Gasteiger partial charge >= 0.3 is 0 Å². The summed E-state index contributed by atoms with van der Waals surface area (Å²) >= 11 is 13.7. The maximum absolute atomic E-state index is 6.06. The highest BCUT2D eigenvalue weighted by atomic mass is 35.5. The quantitative estimate of drug-likeness (QED) is 0.856. The van der Waals surface area contributed by atoms with Gasteiger partial charge in [-0.05, 0) is 24.3 Å². The molecule has 2 aromatic rings.